The van der Waals surface area contributed by atoms with Gasteiger partial charge in [-0.2, -0.15) is 0 Å². The molecule has 0 aliphatic carbocycles. The average molecular weight is 165 g/mol. The fraction of sp³-hybridized carbons (Fsp3) is 0. The van der Waals surface area contributed by atoms with E-state index in [1.165, 1.54) is 0 Å². The molecule has 0 saturated heterocycles. The van der Waals surface area contributed by atoms with Gasteiger partial charge in [-0.05, 0) is 0 Å². The minimum atomic E-state index is -3.13. The Labute approximate surface area is 85.4 Å². The Bertz CT molecular complexity index is 33.8. The van der Waals surface area contributed by atoms with Gasteiger partial charge in [-0.15, -0.1) is 0 Å². The molecule has 3 nitrogen and oxygen atoms in total. The predicted molar refractivity (Wildman–Crippen MR) is 19.4 cm³/mol. The van der Waals surface area contributed by atoms with E-state index in [0.717, 1.165) is 0 Å². The van der Waals surface area contributed by atoms with E-state index in [4.69, 9.17) is 14.1 Å². The monoisotopic (exact) mass is 165 g/mol. The molecule has 0 amide bonds. The summed E-state index contributed by atoms with van der Waals surface area (Å²) in [5.74, 6) is 0. The van der Waals surface area contributed by atoms with Crippen molar-refractivity contribution in [2.45, 2.75) is 0 Å². The molecule has 0 atom stereocenters. The second-order valence-electron chi connectivity index (χ2n) is 0.283. The number of rotatable bonds is 0. The zero-order valence-corrected chi connectivity index (χ0v) is 5.18. The third kappa shape index (κ3) is 42.4. The van der Waals surface area contributed by atoms with Crippen LogP contribution in [0.1, 0.15) is 0 Å². The van der Waals surface area contributed by atoms with Crippen LogP contribution in [0, 0.1) is 0 Å². The van der Waals surface area contributed by atoms with E-state index in [2.05, 4.69) is 0 Å². The van der Waals surface area contributed by atoms with Crippen LogP contribution in [0.4, 0.5) is 0 Å². The summed E-state index contributed by atoms with van der Waals surface area (Å²) in [5, 5.41) is 0. The molecule has 0 rings (SSSR count). The molecule has 0 saturated carbocycles. The van der Waals surface area contributed by atoms with Crippen LogP contribution in [0.15, 0.2) is 0 Å². The van der Waals surface area contributed by atoms with Crippen LogP contribution in [0.2, 0.25) is 0 Å². The van der Waals surface area contributed by atoms with E-state index in [-0.39, 0.29) is 63.6 Å². The van der Waals surface area contributed by atoms with Gasteiger partial charge in [0.25, 0.3) is 0 Å². The van der Waals surface area contributed by atoms with Crippen molar-refractivity contribution in [1.82, 2.24) is 0 Å². The first-order valence-corrected chi connectivity index (χ1v) is 1.95. The normalized spacial score (nSPS) is 4.00. The maximum absolute atomic E-state index is 8.74. The second-order valence-corrected chi connectivity index (χ2v) is 0.848. The van der Waals surface area contributed by atoms with Crippen LogP contribution >= 0.6 is 0 Å². The van der Waals surface area contributed by atoms with E-state index in [1.807, 2.05) is 0 Å². The summed E-state index contributed by atoms with van der Waals surface area (Å²) in [6.07, 6.45) is 0. The van der Waals surface area contributed by atoms with E-state index >= 15 is 0 Å². The van der Waals surface area contributed by atoms with Crippen molar-refractivity contribution in [2.75, 3.05) is 0 Å². The van der Waals surface area contributed by atoms with Crippen molar-refractivity contribution in [2.24, 2.45) is 0 Å². The molecule has 0 fully saturated rings. The summed E-state index contributed by atoms with van der Waals surface area (Å²) in [6.45, 7) is 0. The molecule has 0 aromatic rings. The van der Waals surface area contributed by atoms with Crippen molar-refractivity contribution in [1.29, 1.82) is 0 Å². The molecule has 0 heterocycles. The largest absolute Gasteiger partial charge is 0 e. The van der Waals surface area contributed by atoms with E-state index in [9.17, 15) is 0 Å². The van der Waals surface area contributed by atoms with Crippen LogP contribution in [0.5, 0.6) is 0 Å². The topological polar surface area (TPSA) is 57.5 Å². The predicted octanol–water partition coefficient (Wildman–Crippen LogP) is -2.53. The standard InChI is InChI=1S/Ca.H2O3Si.Sc.2H/c;1-4(2)3;;;/h;1-2H;;;. The summed E-state index contributed by atoms with van der Waals surface area (Å²) in [7, 11) is -3.13. The zero-order chi connectivity index (χ0) is 3.58. The summed E-state index contributed by atoms with van der Waals surface area (Å²) < 4.78 is 8.74. The Morgan fingerprint density at radius 1 is 1.33 bits per heavy atom. The molecule has 6 heteroatoms. The molecule has 1 radical (unpaired) electrons. The Hall–Kier alpha value is 1.75. The van der Waals surface area contributed by atoms with E-state index in [0.29, 0.717) is 0 Å². The van der Waals surface area contributed by atoms with Crippen molar-refractivity contribution in [3.63, 3.8) is 0 Å². The summed E-state index contributed by atoms with van der Waals surface area (Å²) in [6, 6.07) is 0. The van der Waals surface area contributed by atoms with Crippen LogP contribution in [0.25, 0.3) is 0 Å². The summed E-state index contributed by atoms with van der Waals surface area (Å²) in [4.78, 5) is 14.3. The van der Waals surface area contributed by atoms with Gasteiger partial charge in [0, 0.05) is 25.8 Å². The minimum absolute atomic E-state index is 0. The smallest absolute Gasteiger partial charge is 0 e. The SMILES string of the molecule is O=[Si](O)O.[CaH2].[Sc]. The Kier molecular flexibility index (Phi) is 25.8. The second kappa shape index (κ2) is 9.89. The van der Waals surface area contributed by atoms with Gasteiger partial charge in [0.15, 0.2) is 0 Å². The Morgan fingerprint density at radius 2 is 1.33 bits per heavy atom. The average Bonchev–Trinajstić information content (AvgIpc) is 0.811. The van der Waals surface area contributed by atoms with Crippen molar-refractivity contribution >= 4 is 46.9 Å². The first-order chi connectivity index (χ1) is 1.73. The Morgan fingerprint density at radius 3 is 1.33 bits per heavy atom. The minimum Gasteiger partial charge on any atom is 0 e. The molecule has 0 aromatic carbocycles. The molecule has 0 aliphatic heterocycles. The quantitative estimate of drug-likeness (QED) is 0.389. The van der Waals surface area contributed by atoms with Crippen LogP contribution < -0.4 is 0 Å². The number of hydrogen-bond acceptors (Lipinski definition) is 1. The molecule has 0 aliphatic rings. The molecule has 0 bridgehead atoms. The molecule has 6 heavy (non-hydrogen) atoms. The van der Waals surface area contributed by atoms with Crippen molar-refractivity contribution in [3.8, 4) is 0 Å². The van der Waals surface area contributed by atoms with Crippen LogP contribution in [-0.2, 0) is 30.3 Å². The van der Waals surface area contributed by atoms with Gasteiger partial charge in [-0.3, -0.25) is 4.46 Å². The van der Waals surface area contributed by atoms with E-state index < -0.39 is 9.17 Å². The Balaban J connectivity index is -0.0000000450. The molecule has 0 aromatic heterocycles. The maximum Gasteiger partial charge on any atom is 0 e. The molecule has 2 N–H and O–H groups in total. The molecular formula is H4CaO3ScSi. The van der Waals surface area contributed by atoms with Crippen LogP contribution in [0.3, 0.4) is 0 Å². The van der Waals surface area contributed by atoms with Crippen molar-refractivity contribution in [3.05, 3.63) is 0 Å². The van der Waals surface area contributed by atoms with E-state index in [1.54, 1.807) is 0 Å². The third-order valence-electron chi connectivity index (χ3n) is 0. The van der Waals surface area contributed by atoms with Gasteiger partial charge in [-0.25, -0.2) is 0 Å². The van der Waals surface area contributed by atoms with Gasteiger partial charge in [-0.1, -0.05) is 0 Å². The first-order valence-electron chi connectivity index (χ1n) is 0.651. The zero-order valence-electron chi connectivity index (χ0n) is 2.38. The van der Waals surface area contributed by atoms with Gasteiger partial charge >= 0.3 is 46.9 Å². The fourth-order valence-electron chi connectivity index (χ4n) is 0. The molecule has 0 unspecified atom stereocenters. The maximum atomic E-state index is 8.74. The molecule has 31 valence electrons. The first kappa shape index (κ1) is 15.7. The summed E-state index contributed by atoms with van der Waals surface area (Å²) in [5.41, 5.74) is 0. The fourth-order valence-corrected chi connectivity index (χ4v) is 0. The van der Waals surface area contributed by atoms with Crippen molar-refractivity contribution < 1.29 is 39.9 Å². The third-order valence-corrected chi connectivity index (χ3v) is 0. The molecule has 0 spiro atoms. The van der Waals surface area contributed by atoms with Gasteiger partial charge in [0.05, 0.1) is 0 Å². The van der Waals surface area contributed by atoms with Gasteiger partial charge < -0.3 is 9.59 Å². The number of hydrogen-bond donors (Lipinski definition) is 2. The van der Waals surface area contributed by atoms with Crippen LogP contribution in [-0.4, -0.2) is 56.5 Å². The van der Waals surface area contributed by atoms with Gasteiger partial charge in [0.1, 0.15) is 0 Å². The summed E-state index contributed by atoms with van der Waals surface area (Å²) >= 11 is 0. The molecular weight excluding hydrogens is 161 g/mol. The van der Waals surface area contributed by atoms with Gasteiger partial charge in [0.2, 0.25) is 0 Å².